The third-order valence-electron chi connectivity index (χ3n) is 2.05. The summed E-state index contributed by atoms with van der Waals surface area (Å²) in [6, 6.07) is 0. The predicted molar refractivity (Wildman–Crippen MR) is 54.4 cm³/mol. The molecule has 0 aromatic carbocycles. The number of rotatable bonds is 3. The minimum absolute atomic E-state index is 0. The number of nitrogens with zero attached hydrogens (tertiary/aromatic N) is 1. The van der Waals surface area contributed by atoms with Gasteiger partial charge in [0, 0.05) is 25.0 Å². The Kier molecular flexibility index (Phi) is 5.53. The maximum Gasteiger partial charge on any atom is 0.126 e. The predicted octanol–water partition coefficient (Wildman–Crippen LogP) is 0.966. The number of aldehydes is 1. The van der Waals surface area contributed by atoms with Crippen LogP contribution < -0.4 is 0 Å². The Bertz CT molecular complexity index is 156. The van der Waals surface area contributed by atoms with E-state index in [1.165, 1.54) is 0 Å². The lowest BCUT2D eigenvalue weighted by atomic mass is 9.95. The Hall–Kier alpha value is -0.120. The van der Waals surface area contributed by atoms with Gasteiger partial charge >= 0.3 is 0 Å². The molecule has 1 saturated heterocycles. The number of ether oxygens (including phenoxy) is 1. The second-order valence-corrected chi connectivity index (χ2v) is 3.99. The van der Waals surface area contributed by atoms with E-state index in [2.05, 4.69) is 4.90 Å². The van der Waals surface area contributed by atoms with Gasteiger partial charge in [-0.2, -0.15) is 0 Å². The first-order chi connectivity index (χ1) is 5.64. The van der Waals surface area contributed by atoms with Crippen molar-refractivity contribution in [1.82, 2.24) is 4.90 Å². The number of carbonyl (C=O) groups is 1. The molecule has 0 bridgehead atoms. The monoisotopic (exact) mass is 207 g/mol. The summed E-state index contributed by atoms with van der Waals surface area (Å²) in [5, 5.41) is 0. The van der Waals surface area contributed by atoms with Crippen LogP contribution in [-0.4, -0.2) is 44.0 Å². The summed E-state index contributed by atoms with van der Waals surface area (Å²) in [7, 11) is 0. The summed E-state index contributed by atoms with van der Waals surface area (Å²) in [6.07, 6.45) is 1.03. The maximum atomic E-state index is 10.6. The van der Waals surface area contributed by atoms with Crippen LogP contribution in [0.2, 0.25) is 0 Å². The second-order valence-electron chi connectivity index (χ2n) is 3.99. The van der Waals surface area contributed by atoms with E-state index in [4.69, 9.17) is 4.74 Å². The zero-order valence-corrected chi connectivity index (χ0v) is 9.10. The molecule has 1 fully saturated rings. The largest absolute Gasteiger partial charge is 0.379 e. The molecule has 1 rings (SSSR count). The minimum atomic E-state index is -0.211. The van der Waals surface area contributed by atoms with Crippen LogP contribution in [0.3, 0.4) is 0 Å². The van der Waals surface area contributed by atoms with Crippen molar-refractivity contribution >= 4 is 18.7 Å². The normalized spacial score (nSPS) is 19.2. The highest BCUT2D eigenvalue weighted by molar-refractivity contribution is 5.85. The van der Waals surface area contributed by atoms with Gasteiger partial charge in [0.1, 0.15) is 6.29 Å². The summed E-state index contributed by atoms with van der Waals surface area (Å²) < 4.78 is 5.22. The van der Waals surface area contributed by atoms with Gasteiger partial charge in [0.15, 0.2) is 0 Å². The molecule has 0 spiro atoms. The van der Waals surface area contributed by atoms with E-state index in [1.54, 1.807) is 0 Å². The van der Waals surface area contributed by atoms with Crippen molar-refractivity contribution in [3.05, 3.63) is 0 Å². The topological polar surface area (TPSA) is 29.5 Å². The van der Waals surface area contributed by atoms with E-state index < -0.39 is 0 Å². The highest BCUT2D eigenvalue weighted by Gasteiger charge is 2.21. The maximum absolute atomic E-state index is 10.6. The molecule has 1 aliphatic heterocycles. The zero-order valence-electron chi connectivity index (χ0n) is 8.28. The molecule has 0 aromatic rings. The number of carbonyl (C=O) groups excluding carboxylic acids is 1. The molecule has 0 unspecified atom stereocenters. The molecule has 0 radical (unpaired) electrons. The van der Waals surface area contributed by atoms with Gasteiger partial charge < -0.3 is 9.53 Å². The first kappa shape index (κ1) is 12.9. The summed E-state index contributed by atoms with van der Waals surface area (Å²) in [5.74, 6) is 0. The fourth-order valence-corrected chi connectivity index (χ4v) is 1.37. The number of hydrogen-bond donors (Lipinski definition) is 0. The molecule has 3 nitrogen and oxygen atoms in total. The van der Waals surface area contributed by atoms with Crippen molar-refractivity contribution in [2.45, 2.75) is 13.8 Å². The molecule has 13 heavy (non-hydrogen) atoms. The molecule has 0 N–H and O–H groups in total. The molecular weight excluding hydrogens is 190 g/mol. The molecule has 0 aliphatic carbocycles. The van der Waals surface area contributed by atoms with Crippen LogP contribution in [0.4, 0.5) is 0 Å². The van der Waals surface area contributed by atoms with Crippen molar-refractivity contribution < 1.29 is 9.53 Å². The van der Waals surface area contributed by atoms with Crippen molar-refractivity contribution in [2.75, 3.05) is 32.8 Å². The fourth-order valence-electron chi connectivity index (χ4n) is 1.37. The molecule has 0 aromatic heterocycles. The molecule has 78 valence electrons. The SMILES string of the molecule is CC(C)(C=O)CN1CCOCC1.Cl. The van der Waals surface area contributed by atoms with Crippen LogP contribution in [0, 0.1) is 5.41 Å². The average molecular weight is 208 g/mol. The molecule has 1 heterocycles. The van der Waals surface area contributed by atoms with E-state index in [-0.39, 0.29) is 17.8 Å². The van der Waals surface area contributed by atoms with Crippen molar-refractivity contribution in [2.24, 2.45) is 5.41 Å². The lowest BCUT2D eigenvalue weighted by Gasteiger charge is -2.31. The van der Waals surface area contributed by atoms with Crippen molar-refractivity contribution in [3.8, 4) is 0 Å². The van der Waals surface area contributed by atoms with Gasteiger partial charge in [0.2, 0.25) is 0 Å². The van der Waals surface area contributed by atoms with E-state index >= 15 is 0 Å². The molecule has 0 saturated carbocycles. The molecule has 1 aliphatic rings. The van der Waals surface area contributed by atoms with E-state index in [1.807, 2.05) is 13.8 Å². The fraction of sp³-hybridized carbons (Fsp3) is 0.889. The smallest absolute Gasteiger partial charge is 0.126 e. The van der Waals surface area contributed by atoms with Gasteiger partial charge in [-0.1, -0.05) is 13.8 Å². The van der Waals surface area contributed by atoms with Gasteiger partial charge in [-0.3, -0.25) is 4.90 Å². The van der Waals surface area contributed by atoms with E-state index in [0.29, 0.717) is 0 Å². The van der Waals surface area contributed by atoms with Gasteiger partial charge in [-0.05, 0) is 0 Å². The second kappa shape index (κ2) is 5.58. The van der Waals surface area contributed by atoms with Crippen LogP contribution in [0.5, 0.6) is 0 Å². The van der Waals surface area contributed by atoms with Gasteiger partial charge in [-0.15, -0.1) is 12.4 Å². The van der Waals surface area contributed by atoms with Crippen LogP contribution in [-0.2, 0) is 9.53 Å². The Morgan fingerprint density at radius 3 is 2.38 bits per heavy atom. The Morgan fingerprint density at radius 2 is 1.92 bits per heavy atom. The summed E-state index contributed by atoms with van der Waals surface area (Å²) in [5.41, 5.74) is -0.211. The third-order valence-corrected chi connectivity index (χ3v) is 2.05. The number of halogens is 1. The highest BCUT2D eigenvalue weighted by Crippen LogP contribution is 2.13. The summed E-state index contributed by atoms with van der Waals surface area (Å²) >= 11 is 0. The molecular formula is C9H18ClNO2. The first-order valence-electron chi connectivity index (χ1n) is 4.40. The minimum Gasteiger partial charge on any atom is -0.379 e. The molecule has 0 amide bonds. The lowest BCUT2D eigenvalue weighted by molar-refractivity contribution is -0.116. The Labute approximate surface area is 85.8 Å². The van der Waals surface area contributed by atoms with Crippen molar-refractivity contribution in [3.63, 3.8) is 0 Å². The van der Waals surface area contributed by atoms with Crippen LogP contribution in [0.1, 0.15) is 13.8 Å². The van der Waals surface area contributed by atoms with E-state index in [0.717, 1.165) is 39.1 Å². The van der Waals surface area contributed by atoms with E-state index in [9.17, 15) is 4.79 Å². The molecule has 4 heteroatoms. The summed E-state index contributed by atoms with van der Waals surface area (Å²) in [4.78, 5) is 12.9. The summed E-state index contributed by atoms with van der Waals surface area (Å²) in [6.45, 7) is 8.29. The number of morpholine rings is 1. The van der Waals surface area contributed by atoms with Gasteiger partial charge in [-0.25, -0.2) is 0 Å². The van der Waals surface area contributed by atoms with Crippen LogP contribution in [0.15, 0.2) is 0 Å². The Balaban J connectivity index is 0.00000144. The number of hydrogen-bond acceptors (Lipinski definition) is 3. The lowest BCUT2D eigenvalue weighted by Crippen LogP contribution is -2.42. The average Bonchev–Trinajstić information content (AvgIpc) is 2.06. The Morgan fingerprint density at radius 1 is 1.38 bits per heavy atom. The quantitative estimate of drug-likeness (QED) is 0.646. The van der Waals surface area contributed by atoms with Crippen LogP contribution >= 0.6 is 12.4 Å². The van der Waals surface area contributed by atoms with Crippen LogP contribution in [0.25, 0.3) is 0 Å². The first-order valence-corrected chi connectivity index (χ1v) is 4.40. The van der Waals surface area contributed by atoms with Gasteiger partial charge in [0.05, 0.1) is 13.2 Å². The standard InChI is InChI=1S/C9H17NO2.ClH/c1-9(2,8-11)7-10-3-5-12-6-4-10;/h8H,3-7H2,1-2H3;1H. The van der Waals surface area contributed by atoms with Gasteiger partial charge in [0.25, 0.3) is 0 Å². The highest BCUT2D eigenvalue weighted by atomic mass is 35.5. The van der Waals surface area contributed by atoms with Crippen molar-refractivity contribution in [1.29, 1.82) is 0 Å². The zero-order chi connectivity index (χ0) is 9.03. The third kappa shape index (κ3) is 4.60. The molecule has 0 atom stereocenters.